The lowest BCUT2D eigenvalue weighted by molar-refractivity contribution is -0.122. The first kappa shape index (κ1) is 20.3. The Balaban J connectivity index is 1.37. The fourth-order valence-corrected chi connectivity index (χ4v) is 3.64. The van der Waals surface area contributed by atoms with Crippen molar-refractivity contribution in [1.82, 2.24) is 0 Å². The molecule has 1 atom stereocenters. The van der Waals surface area contributed by atoms with Gasteiger partial charge in [-0.1, -0.05) is 35.3 Å². The highest BCUT2D eigenvalue weighted by atomic mass is 35.5. The molecule has 7 heteroatoms. The van der Waals surface area contributed by atoms with Gasteiger partial charge in [-0.2, -0.15) is 0 Å². The minimum Gasteiger partial charge on any atom is -0.457 e. The van der Waals surface area contributed by atoms with Crippen molar-refractivity contribution >= 4 is 46.4 Å². The molecule has 1 heterocycles. The van der Waals surface area contributed by atoms with Crippen molar-refractivity contribution in [3.05, 3.63) is 82.8 Å². The Bertz CT molecular complexity index is 1070. The number of rotatable bonds is 5. The number of hydrogen-bond acceptors (Lipinski definition) is 3. The van der Waals surface area contributed by atoms with Crippen molar-refractivity contribution in [2.24, 2.45) is 5.92 Å². The molecule has 30 heavy (non-hydrogen) atoms. The number of para-hydroxylation sites is 1. The molecule has 1 aliphatic rings. The first-order valence-electron chi connectivity index (χ1n) is 9.39. The summed E-state index contributed by atoms with van der Waals surface area (Å²) in [6.07, 6.45) is 0.148. The molecule has 3 aromatic rings. The summed E-state index contributed by atoms with van der Waals surface area (Å²) in [7, 11) is 0. The quantitative estimate of drug-likeness (QED) is 0.546. The molecule has 0 unspecified atom stereocenters. The van der Waals surface area contributed by atoms with E-state index in [1.165, 1.54) is 0 Å². The van der Waals surface area contributed by atoms with Gasteiger partial charge < -0.3 is 15.0 Å². The van der Waals surface area contributed by atoms with E-state index in [1.54, 1.807) is 71.6 Å². The second kappa shape index (κ2) is 8.78. The molecule has 1 N–H and O–H groups in total. The minimum absolute atomic E-state index is 0.116. The maximum Gasteiger partial charge on any atom is 0.229 e. The number of ether oxygens (including phenoxy) is 1. The Morgan fingerprint density at radius 1 is 0.933 bits per heavy atom. The van der Waals surface area contributed by atoms with Crippen LogP contribution in [0.2, 0.25) is 10.0 Å². The van der Waals surface area contributed by atoms with Crippen LogP contribution in [0, 0.1) is 5.92 Å². The monoisotopic (exact) mass is 440 g/mol. The predicted molar refractivity (Wildman–Crippen MR) is 119 cm³/mol. The summed E-state index contributed by atoms with van der Waals surface area (Å²) in [6, 6.07) is 21.2. The predicted octanol–water partition coefficient (Wildman–Crippen LogP) is 5.78. The van der Waals surface area contributed by atoms with Crippen molar-refractivity contribution in [2.75, 3.05) is 16.8 Å². The average molecular weight is 441 g/mol. The molecule has 152 valence electrons. The highest BCUT2D eigenvalue weighted by Gasteiger charge is 2.35. The summed E-state index contributed by atoms with van der Waals surface area (Å²) in [4.78, 5) is 26.6. The molecule has 0 spiro atoms. The smallest absolute Gasteiger partial charge is 0.229 e. The third-order valence-electron chi connectivity index (χ3n) is 4.81. The zero-order valence-corrected chi connectivity index (χ0v) is 17.4. The van der Waals surface area contributed by atoms with Crippen LogP contribution in [0.15, 0.2) is 72.8 Å². The van der Waals surface area contributed by atoms with Crippen LogP contribution < -0.4 is 15.0 Å². The largest absolute Gasteiger partial charge is 0.457 e. The first-order chi connectivity index (χ1) is 14.5. The molecule has 0 aliphatic carbocycles. The Morgan fingerprint density at radius 2 is 1.57 bits per heavy atom. The lowest BCUT2D eigenvalue weighted by atomic mass is 10.1. The molecular weight excluding hydrogens is 423 g/mol. The van der Waals surface area contributed by atoms with Crippen LogP contribution in [0.5, 0.6) is 11.5 Å². The summed E-state index contributed by atoms with van der Waals surface area (Å²) < 4.78 is 5.75. The van der Waals surface area contributed by atoms with E-state index >= 15 is 0 Å². The van der Waals surface area contributed by atoms with Gasteiger partial charge in [0.1, 0.15) is 11.5 Å². The Kier molecular flexibility index (Phi) is 5.93. The van der Waals surface area contributed by atoms with Gasteiger partial charge in [-0.3, -0.25) is 9.59 Å². The number of carbonyl (C=O) groups is 2. The van der Waals surface area contributed by atoms with Crippen LogP contribution >= 0.6 is 23.2 Å². The molecule has 0 bridgehead atoms. The van der Waals surface area contributed by atoms with Gasteiger partial charge in [-0.25, -0.2) is 0 Å². The Hall–Kier alpha value is -3.02. The molecular formula is C23H18Cl2N2O3. The molecule has 3 aromatic carbocycles. The summed E-state index contributed by atoms with van der Waals surface area (Å²) in [5.74, 6) is 0.537. The highest BCUT2D eigenvalue weighted by Crippen LogP contribution is 2.31. The third-order valence-corrected chi connectivity index (χ3v) is 5.38. The van der Waals surface area contributed by atoms with Gasteiger partial charge in [0.05, 0.1) is 16.6 Å². The van der Waals surface area contributed by atoms with E-state index in [0.717, 1.165) is 0 Å². The fourth-order valence-electron chi connectivity index (χ4n) is 3.28. The van der Waals surface area contributed by atoms with Crippen molar-refractivity contribution in [2.45, 2.75) is 6.42 Å². The van der Waals surface area contributed by atoms with Gasteiger partial charge in [0.15, 0.2) is 0 Å². The fraction of sp³-hybridized carbons (Fsp3) is 0.130. The van der Waals surface area contributed by atoms with Crippen LogP contribution in [0.1, 0.15) is 6.42 Å². The SMILES string of the molecule is O=C(Nc1ccc(Oc2ccc(Cl)cc2)cc1)[C@@H]1CC(=O)N(c2ccccc2Cl)C1. The highest BCUT2D eigenvalue weighted by molar-refractivity contribution is 6.34. The second-order valence-electron chi connectivity index (χ2n) is 6.93. The molecule has 1 fully saturated rings. The van der Waals surface area contributed by atoms with E-state index in [9.17, 15) is 9.59 Å². The zero-order chi connectivity index (χ0) is 21.1. The summed E-state index contributed by atoms with van der Waals surface area (Å²) in [5, 5.41) is 3.99. The minimum atomic E-state index is -0.446. The van der Waals surface area contributed by atoms with Gasteiger partial charge in [-0.15, -0.1) is 0 Å². The maximum atomic E-state index is 12.7. The number of nitrogens with one attached hydrogen (secondary N) is 1. The Morgan fingerprint density at radius 3 is 2.23 bits per heavy atom. The summed E-state index contributed by atoms with van der Waals surface area (Å²) >= 11 is 12.1. The number of carbonyl (C=O) groups excluding carboxylic acids is 2. The van der Waals surface area contributed by atoms with Crippen LogP contribution in [-0.4, -0.2) is 18.4 Å². The lowest BCUT2D eigenvalue weighted by Gasteiger charge is -2.18. The third kappa shape index (κ3) is 4.58. The van der Waals surface area contributed by atoms with Crippen LogP contribution in [0.25, 0.3) is 0 Å². The van der Waals surface area contributed by atoms with Crippen LogP contribution in [-0.2, 0) is 9.59 Å². The van der Waals surface area contributed by atoms with Gasteiger partial charge in [-0.05, 0) is 60.7 Å². The zero-order valence-electron chi connectivity index (χ0n) is 15.8. The molecule has 0 saturated carbocycles. The molecule has 0 aromatic heterocycles. The van der Waals surface area contributed by atoms with Gasteiger partial charge >= 0.3 is 0 Å². The number of hydrogen-bond donors (Lipinski definition) is 1. The van der Waals surface area contributed by atoms with E-state index in [2.05, 4.69) is 5.32 Å². The van der Waals surface area contributed by atoms with Crippen LogP contribution in [0.4, 0.5) is 11.4 Å². The lowest BCUT2D eigenvalue weighted by Crippen LogP contribution is -2.28. The number of halogens is 2. The van der Waals surface area contributed by atoms with E-state index in [0.29, 0.717) is 39.5 Å². The van der Waals surface area contributed by atoms with E-state index < -0.39 is 5.92 Å². The molecule has 1 aliphatic heterocycles. The van der Waals surface area contributed by atoms with Crippen molar-refractivity contribution < 1.29 is 14.3 Å². The summed E-state index contributed by atoms with van der Waals surface area (Å²) in [6.45, 7) is 0.298. The first-order valence-corrected chi connectivity index (χ1v) is 10.1. The van der Waals surface area contributed by atoms with E-state index in [4.69, 9.17) is 27.9 Å². The van der Waals surface area contributed by atoms with Crippen molar-refractivity contribution in [3.8, 4) is 11.5 Å². The topological polar surface area (TPSA) is 58.6 Å². The number of nitrogens with zero attached hydrogens (tertiary/aromatic N) is 1. The van der Waals surface area contributed by atoms with E-state index in [-0.39, 0.29) is 18.2 Å². The number of amides is 2. The number of benzene rings is 3. The molecule has 2 amide bonds. The molecule has 4 rings (SSSR count). The average Bonchev–Trinajstić information content (AvgIpc) is 3.13. The second-order valence-corrected chi connectivity index (χ2v) is 7.77. The van der Waals surface area contributed by atoms with E-state index in [1.807, 2.05) is 6.07 Å². The molecule has 1 saturated heterocycles. The van der Waals surface area contributed by atoms with Gasteiger partial charge in [0.25, 0.3) is 0 Å². The maximum absolute atomic E-state index is 12.7. The summed E-state index contributed by atoms with van der Waals surface area (Å²) in [5.41, 5.74) is 1.26. The van der Waals surface area contributed by atoms with Crippen molar-refractivity contribution in [3.63, 3.8) is 0 Å². The molecule has 0 radical (unpaired) electrons. The van der Waals surface area contributed by atoms with Gasteiger partial charge in [0, 0.05) is 23.7 Å². The standard InChI is InChI=1S/C23H18Cl2N2O3/c24-16-5-9-18(10-6-16)30-19-11-7-17(8-12-19)26-23(29)15-13-22(28)27(14-15)21-4-2-1-3-20(21)25/h1-12,15H,13-14H2,(H,26,29)/t15-/m1/s1. The molecule has 5 nitrogen and oxygen atoms in total. The van der Waals surface area contributed by atoms with Gasteiger partial charge in [0.2, 0.25) is 11.8 Å². The number of anilines is 2. The van der Waals surface area contributed by atoms with Crippen molar-refractivity contribution in [1.29, 1.82) is 0 Å². The normalized spacial score (nSPS) is 15.9. The van der Waals surface area contributed by atoms with Crippen LogP contribution in [0.3, 0.4) is 0 Å². The Labute approximate surface area is 184 Å².